The van der Waals surface area contributed by atoms with Gasteiger partial charge in [0.2, 0.25) is 0 Å². The summed E-state index contributed by atoms with van der Waals surface area (Å²) in [4.78, 5) is 23.2. The molecule has 1 aliphatic heterocycles. The van der Waals surface area contributed by atoms with Crippen LogP contribution in [0, 0.1) is 0 Å². The van der Waals surface area contributed by atoms with Crippen molar-refractivity contribution in [1.29, 1.82) is 0 Å². The van der Waals surface area contributed by atoms with Gasteiger partial charge >= 0.3 is 6.03 Å². The van der Waals surface area contributed by atoms with E-state index in [9.17, 15) is 9.59 Å². The lowest BCUT2D eigenvalue weighted by molar-refractivity contribution is -0.114. The van der Waals surface area contributed by atoms with Crippen LogP contribution >= 0.6 is 11.6 Å². The van der Waals surface area contributed by atoms with Gasteiger partial charge < -0.3 is 10.6 Å². The van der Waals surface area contributed by atoms with Crippen LogP contribution in [0.4, 0.5) is 4.79 Å². The van der Waals surface area contributed by atoms with Crippen molar-refractivity contribution in [2.45, 2.75) is 19.9 Å². The molecule has 0 saturated heterocycles. The van der Waals surface area contributed by atoms with E-state index in [-0.39, 0.29) is 11.8 Å². The number of allylic oxidation sites excluding steroid dienone is 1. The van der Waals surface area contributed by atoms with E-state index in [0.717, 1.165) is 5.56 Å². The van der Waals surface area contributed by atoms with Crippen molar-refractivity contribution >= 4 is 23.4 Å². The molecule has 0 aliphatic carbocycles. The van der Waals surface area contributed by atoms with Crippen molar-refractivity contribution in [3.63, 3.8) is 0 Å². The van der Waals surface area contributed by atoms with Crippen LogP contribution in [-0.4, -0.2) is 11.8 Å². The first kappa shape index (κ1) is 12.6. The molecule has 2 N–H and O–H groups in total. The summed E-state index contributed by atoms with van der Waals surface area (Å²) in [5, 5.41) is 5.84. The van der Waals surface area contributed by atoms with Crippen LogP contribution in [0.3, 0.4) is 0 Å². The molecule has 0 spiro atoms. The van der Waals surface area contributed by atoms with Gasteiger partial charge in [-0.1, -0.05) is 29.8 Å². The maximum absolute atomic E-state index is 11.7. The third-order valence-corrected chi connectivity index (χ3v) is 3.21. The number of ketones is 1. The Labute approximate surface area is 110 Å². The maximum Gasteiger partial charge on any atom is 0.319 e. The molecule has 94 valence electrons. The molecule has 0 saturated carbocycles. The van der Waals surface area contributed by atoms with E-state index >= 15 is 0 Å². The summed E-state index contributed by atoms with van der Waals surface area (Å²) in [7, 11) is 0. The van der Waals surface area contributed by atoms with E-state index in [2.05, 4.69) is 10.6 Å². The molecule has 5 heteroatoms. The molecule has 2 rings (SSSR count). The molecular formula is C13H13ClN2O2. The van der Waals surface area contributed by atoms with Crippen LogP contribution in [0.5, 0.6) is 0 Å². The van der Waals surface area contributed by atoms with E-state index in [1.807, 2.05) is 6.07 Å². The summed E-state index contributed by atoms with van der Waals surface area (Å²) in [6.45, 7) is 3.18. The number of nitrogens with one attached hydrogen (secondary N) is 2. The Bertz CT molecular complexity index is 552. The molecule has 0 radical (unpaired) electrons. The van der Waals surface area contributed by atoms with E-state index in [4.69, 9.17) is 11.6 Å². The topological polar surface area (TPSA) is 58.2 Å². The Morgan fingerprint density at radius 2 is 2.00 bits per heavy atom. The molecule has 0 bridgehead atoms. The maximum atomic E-state index is 11.7. The van der Waals surface area contributed by atoms with Gasteiger partial charge in [0.1, 0.15) is 0 Å². The fourth-order valence-corrected chi connectivity index (χ4v) is 2.35. The largest absolute Gasteiger partial charge is 0.327 e. The summed E-state index contributed by atoms with van der Waals surface area (Å²) in [6, 6.07) is 6.33. The van der Waals surface area contributed by atoms with Gasteiger partial charge in [0.25, 0.3) is 0 Å². The Morgan fingerprint density at radius 3 is 2.61 bits per heavy atom. The Kier molecular flexibility index (Phi) is 3.39. The van der Waals surface area contributed by atoms with Gasteiger partial charge in [-0.05, 0) is 25.5 Å². The highest BCUT2D eigenvalue weighted by Gasteiger charge is 2.30. The van der Waals surface area contributed by atoms with Crippen LogP contribution in [0.25, 0.3) is 0 Å². The predicted octanol–water partition coefficient (Wildman–Crippen LogP) is 2.56. The molecule has 1 aromatic carbocycles. The van der Waals surface area contributed by atoms with Gasteiger partial charge in [0.15, 0.2) is 5.78 Å². The highest BCUT2D eigenvalue weighted by atomic mass is 35.5. The number of halogens is 1. The minimum Gasteiger partial charge on any atom is -0.327 e. The lowest BCUT2D eigenvalue weighted by Gasteiger charge is -2.28. The van der Waals surface area contributed by atoms with Gasteiger partial charge in [-0.3, -0.25) is 4.79 Å². The number of Topliss-reactive ketones (excluding diaryl/α,β-unsaturated/α-hetero) is 1. The average Bonchev–Trinajstić information content (AvgIpc) is 2.27. The fraction of sp³-hybridized carbons (Fsp3) is 0.231. The van der Waals surface area contributed by atoms with Crippen LogP contribution in [0.1, 0.15) is 25.5 Å². The number of benzene rings is 1. The number of rotatable bonds is 2. The fourth-order valence-electron chi connectivity index (χ4n) is 2.10. The molecule has 4 nitrogen and oxygen atoms in total. The molecule has 0 fully saturated rings. The lowest BCUT2D eigenvalue weighted by atomic mass is 9.93. The molecule has 2 amide bonds. The Morgan fingerprint density at radius 1 is 1.33 bits per heavy atom. The standard InChI is InChI=1S/C13H13ClN2O2/c1-7-11(8(2)17)12(16-13(18)15-7)9-5-3-4-6-10(9)14/h3-6,12H,1-2H3,(H2,15,16,18). The molecule has 1 unspecified atom stereocenters. The summed E-state index contributed by atoms with van der Waals surface area (Å²) >= 11 is 6.12. The number of carbonyl (C=O) groups excluding carboxylic acids is 2. The predicted molar refractivity (Wildman–Crippen MR) is 69.2 cm³/mol. The highest BCUT2D eigenvalue weighted by Crippen LogP contribution is 2.31. The SMILES string of the molecule is CC(=O)C1=C(C)NC(=O)NC1c1ccccc1Cl. The third-order valence-electron chi connectivity index (χ3n) is 2.86. The third kappa shape index (κ3) is 2.24. The van der Waals surface area contributed by atoms with Gasteiger partial charge in [0, 0.05) is 16.3 Å². The van der Waals surface area contributed by atoms with Crippen molar-refractivity contribution < 1.29 is 9.59 Å². The zero-order valence-corrected chi connectivity index (χ0v) is 10.8. The number of amides is 2. The Balaban J connectivity index is 2.54. The normalized spacial score (nSPS) is 19.3. The van der Waals surface area contributed by atoms with Gasteiger partial charge in [-0.25, -0.2) is 4.79 Å². The first-order valence-electron chi connectivity index (χ1n) is 5.54. The number of carbonyl (C=O) groups is 2. The van der Waals surface area contributed by atoms with Crippen molar-refractivity contribution in [3.05, 3.63) is 46.1 Å². The first-order chi connectivity index (χ1) is 8.50. The van der Waals surface area contributed by atoms with E-state index < -0.39 is 6.04 Å². The number of hydrogen-bond donors (Lipinski definition) is 2. The zero-order chi connectivity index (χ0) is 13.3. The molecule has 0 aromatic heterocycles. The van der Waals surface area contributed by atoms with E-state index in [0.29, 0.717) is 16.3 Å². The zero-order valence-electron chi connectivity index (χ0n) is 10.1. The first-order valence-corrected chi connectivity index (χ1v) is 5.92. The van der Waals surface area contributed by atoms with Crippen LogP contribution in [-0.2, 0) is 4.79 Å². The quantitative estimate of drug-likeness (QED) is 0.862. The molecule has 1 atom stereocenters. The second-order valence-corrected chi connectivity index (χ2v) is 4.56. The highest BCUT2D eigenvalue weighted by molar-refractivity contribution is 6.31. The van der Waals surface area contributed by atoms with Gasteiger partial charge in [-0.15, -0.1) is 0 Å². The summed E-state index contributed by atoms with van der Waals surface area (Å²) in [6.07, 6.45) is 0. The summed E-state index contributed by atoms with van der Waals surface area (Å²) in [5.74, 6) is -0.0927. The van der Waals surface area contributed by atoms with E-state index in [1.54, 1.807) is 25.1 Å². The van der Waals surface area contributed by atoms with Gasteiger partial charge in [0.05, 0.1) is 6.04 Å². The molecule has 18 heavy (non-hydrogen) atoms. The molecule has 1 heterocycles. The van der Waals surface area contributed by atoms with Crippen LogP contribution < -0.4 is 10.6 Å². The van der Waals surface area contributed by atoms with Gasteiger partial charge in [-0.2, -0.15) is 0 Å². The minimum absolute atomic E-state index is 0.0927. The van der Waals surface area contributed by atoms with Crippen LogP contribution in [0.2, 0.25) is 5.02 Å². The monoisotopic (exact) mass is 264 g/mol. The smallest absolute Gasteiger partial charge is 0.319 e. The number of hydrogen-bond acceptors (Lipinski definition) is 2. The second kappa shape index (κ2) is 4.82. The average molecular weight is 265 g/mol. The van der Waals surface area contributed by atoms with Crippen molar-refractivity contribution in [2.75, 3.05) is 0 Å². The van der Waals surface area contributed by atoms with Crippen molar-refractivity contribution in [3.8, 4) is 0 Å². The minimum atomic E-state index is -0.495. The van der Waals surface area contributed by atoms with E-state index in [1.165, 1.54) is 6.92 Å². The molecule has 1 aromatic rings. The summed E-state index contributed by atoms with van der Waals surface area (Å²) < 4.78 is 0. The lowest BCUT2D eigenvalue weighted by Crippen LogP contribution is -2.44. The second-order valence-electron chi connectivity index (χ2n) is 4.15. The summed E-state index contributed by atoms with van der Waals surface area (Å²) in [5.41, 5.74) is 1.82. The Hall–Kier alpha value is -1.81. The molecule has 1 aliphatic rings. The number of urea groups is 1. The van der Waals surface area contributed by atoms with Crippen LogP contribution in [0.15, 0.2) is 35.5 Å². The molecular weight excluding hydrogens is 252 g/mol. The van der Waals surface area contributed by atoms with Crippen molar-refractivity contribution in [1.82, 2.24) is 10.6 Å². The van der Waals surface area contributed by atoms with Crippen molar-refractivity contribution in [2.24, 2.45) is 0 Å².